The van der Waals surface area contributed by atoms with Crippen molar-refractivity contribution >= 4 is 5.97 Å². The van der Waals surface area contributed by atoms with E-state index in [0.29, 0.717) is 6.42 Å². The van der Waals surface area contributed by atoms with Gasteiger partial charge in [-0.15, -0.1) is 0 Å². The predicted octanol–water partition coefficient (Wildman–Crippen LogP) is 3.51. The summed E-state index contributed by atoms with van der Waals surface area (Å²) in [4.78, 5) is 11.1. The average molecular weight is 278 g/mol. The van der Waals surface area contributed by atoms with Crippen molar-refractivity contribution in [2.75, 3.05) is 0 Å². The summed E-state index contributed by atoms with van der Waals surface area (Å²) in [5, 5.41) is 19.8. The van der Waals surface area contributed by atoms with Gasteiger partial charge in [-0.2, -0.15) is 0 Å². The van der Waals surface area contributed by atoms with Gasteiger partial charge < -0.3 is 10.2 Å². The molecule has 0 spiro atoms. The maximum atomic E-state index is 11.1. The van der Waals surface area contributed by atoms with Crippen molar-refractivity contribution in [3.63, 3.8) is 0 Å². The van der Waals surface area contributed by atoms with Gasteiger partial charge in [-0.05, 0) is 37.7 Å². The van der Waals surface area contributed by atoms with E-state index in [1.54, 1.807) is 6.92 Å². The molecule has 0 bridgehead atoms. The van der Waals surface area contributed by atoms with Gasteiger partial charge in [0, 0.05) is 0 Å². The van der Waals surface area contributed by atoms with E-state index in [9.17, 15) is 9.90 Å². The van der Waals surface area contributed by atoms with E-state index < -0.39 is 17.5 Å². The number of carboxylic acid groups (broad SMARTS) is 1. The van der Waals surface area contributed by atoms with Crippen molar-refractivity contribution in [3.05, 3.63) is 35.9 Å². The number of hydrogen-bond donors (Lipinski definition) is 2. The Balaban J connectivity index is 2.50. The van der Waals surface area contributed by atoms with Crippen LogP contribution in [0.25, 0.3) is 0 Å². The largest absolute Gasteiger partial charge is 0.481 e. The molecular formula is C17H26O3. The third-order valence-electron chi connectivity index (χ3n) is 4.26. The number of aliphatic hydroxyl groups is 1. The molecule has 112 valence electrons. The van der Waals surface area contributed by atoms with Crippen molar-refractivity contribution in [2.45, 2.75) is 52.1 Å². The zero-order valence-corrected chi connectivity index (χ0v) is 12.7. The zero-order chi connectivity index (χ0) is 15.2. The minimum atomic E-state index is -1.12. The molecule has 1 rings (SSSR count). The summed E-state index contributed by atoms with van der Waals surface area (Å²) in [5.41, 5.74) is 0.162. The highest BCUT2D eigenvalue weighted by Gasteiger charge is 2.40. The minimum Gasteiger partial charge on any atom is -0.481 e. The van der Waals surface area contributed by atoms with Gasteiger partial charge in [0.05, 0.1) is 11.5 Å². The summed E-state index contributed by atoms with van der Waals surface area (Å²) < 4.78 is 0. The minimum absolute atomic E-state index is 0.0645. The van der Waals surface area contributed by atoms with Crippen LogP contribution >= 0.6 is 0 Å². The van der Waals surface area contributed by atoms with E-state index in [1.165, 1.54) is 5.56 Å². The maximum absolute atomic E-state index is 11.1. The number of carbonyl (C=O) groups is 1. The Hall–Kier alpha value is -1.35. The number of aliphatic carboxylic acids is 1. The second-order valence-electron chi connectivity index (χ2n) is 5.90. The summed E-state index contributed by atoms with van der Waals surface area (Å²) in [7, 11) is 0. The van der Waals surface area contributed by atoms with Gasteiger partial charge in [-0.25, -0.2) is 0 Å². The smallest absolute Gasteiger partial charge is 0.309 e. The molecule has 0 aromatic heterocycles. The van der Waals surface area contributed by atoms with E-state index in [1.807, 2.05) is 32.0 Å². The molecule has 0 heterocycles. The van der Waals surface area contributed by atoms with Crippen LogP contribution in [0.15, 0.2) is 30.3 Å². The number of rotatable bonds is 8. The first-order valence-corrected chi connectivity index (χ1v) is 7.37. The van der Waals surface area contributed by atoms with Gasteiger partial charge in [0.1, 0.15) is 0 Å². The Morgan fingerprint density at radius 1 is 1.15 bits per heavy atom. The first-order chi connectivity index (χ1) is 9.38. The Labute approximate surface area is 121 Å². The van der Waals surface area contributed by atoms with Crippen molar-refractivity contribution in [1.29, 1.82) is 0 Å². The molecule has 1 aromatic carbocycles. The summed E-state index contributed by atoms with van der Waals surface area (Å²) in [5.74, 6) is -1.73. The lowest BCUT2D eigenvalue weighted by molar-refractivity contribution is -0.155. The van der Waals surface area contributed by atoms with Crippen LogP contribution in [0.1, 0.15) is 45.6 Å². The van der Waals surface area contributed by atoms with Crippen molar-refractivity contribution in [3.8, 4) is 0 Å². The van der Waals surface area contributed by atoms with Gasteiger partial charge in [0.15, 0.2) is 0 Å². The molecule has 0 saturated carbocycles. The summed E-state index contributed by atoms with van der Waals surface area (Å²) in [6.07, 6.45) is 3.30. The Kier molecular flexibility index (Phi) is 6.21. The number of benzene rings is 1. The number of unbranched alkanes of at least 4 members (excludes halogenated alkanes) is 1. The van der Waals surface area contributed by atoms with Crippen LogP contribution in [-0.2, 0) is 11.2 Å². The SMILES string of the molecule is CC(C)C(O)(CCCCc1ccccc1)C(C)C(=O)O. The quantitative estimate of drug-likeness (QED) is 0.715. The Morgan fingerprint density at radius 3 is 2.25 bits per heavy atom. The number of aryl methyl sites for hydroxylation is 1. The molecule has 3 nitrogen and oxygen atoms in total. The molecule has 1 aromatic rings. The summed E-state index contributed by atoms with van der Waals surface area (Å²) in [6.45, 7) is 5.37. The third kappa shape index (κ3) is 4.34. The molecule has 2 atom stereocenters. The van der Waals surface area contributed by atoms with Crippen molar-refractivity contribution in [1.82, 2.24) is 0 Å². The van der Waals surface area contributed by atoms with Gasteiger partial charge >= 0.3 is 5.97 Å². The van der Waals surface area contributed by atoms with Crippen molar-refractivity contribution < 1.29 is 15.0 Å². The monoisotopic (exact) mass is 278 g/mol. The zero-order valence-electron chi connectivity index (χ0n) is 12.7. The topological polar surface area (TPSA) is 57.5 Å². The van der Waals surface area contributed by atoms with E-state index in [0.717, 1.165) is 19.3 Å². The van der Waals surface area contributed by atoms with Crippen LogP contribution in [0.3, 0.4) is 0 Å². The molecule has 0 aliphatic rings. The molecule has 0 aliphatic carbocycles. The molecule has 0 aliphatic heterocycles. The second-order valence-corrected chi connectivity index (χ2v) is 5.90. The summed E-state index contributed by atoms with van der Waals surface area (Å²) in [6, 6.07) is 10.2. The van der Waals surface area contributed by atoms with Crippen LogP contribution in [0.2, 0.25) is 0 Å². The van der Waals surface area contributed by atoms with Gasteiger partial charge in [-0.3, -0.25) is 4.79 Å². The van der Waals surface area contributed by atoms with E-state index in [-0.39, 0.29) is 5.92 Å². The Bertz CT molecular complexity index is 414. The lowest BCUT2D eigenvalue weighted by Gasteiger charge is -2.35. The van der Waals surface area contributed by atoms with E-state index >= 15 is 0 Å². The standard InChI is InChI=1S/C17H26O3/c1-13(2)17(20,14(3)16(18)19)12-8-7-11-15-9-5-4-6-10-15/h4-6,9-10,13-14,20H,7-8,11-12H2,1-3H3,(H,18,19). The van der Waals surface area contributed by atoms with Gasteiger partial charge in [-0.1, -0.05) is 50.6 Å². The average Bonchev–Trinajstić information content (AvgIpc) is 2.43. The maximum Gasteiger partial charge on any atom is 0.309 e. The van der Waals surface area contributed by atoms with Gasteiger partial charge in [0.2, 0.25) is 0 Å². The number of hydrogen-bond acceptors (Lipinski definition) is 2. The fourth-order valence-electron chi connectivity index (χ4n) is 2.60. The molecule has 0 radical (unpaired) electrons. The highest BCUT2D eigenvalue weighted by Crippen LogP contribution is 2.32. The fraction of sp³-hybridized carbons (Fsp3) is 0.588. The van der Waals surface area contributed by atoms with Crippen LogP contribution in [-0.4, -0.2) is 21.8 Å². The van der Waals surface area contributed by atoms with E-state index in [4.69, 9.17) is 5.11 Å². The van der Waals surface area contributed by atoms with Crippen LogP contribution in [0.4, 0.5) is 0 Å². The highest BCUT2D eigenvalue weighted by molar-refractivity contribution is 5.71. The van der Waals surface area contributed by atoms with E-state index in [2.05, 4.69) is 12.1 Å². The molecule has 0 fully saturated rings. The normalized spacial score (nSPS) is 15.8. The molecule has 20 heavy (non-hydrogen) atoms. The van der Waals surface area contributed by atoms with Crippen LogP contribution in [0.5, 0.6) is 0 Å². The van der Waals surface area contributed by atoms with Gasteiger partial charge in [0.25, 0.3) is 0 Å². The molecule has 2 N–H and O–H groups in total. The number of carboxylic acids is 1. The molecule has 2 unspecified atom stereocenters. The highest BCUT2D eigenvalue weighted by atomic mass is 16.4. The molecular weight excluding hydrogens is 252 g/mol. The Morgan fingerprint density at radius 2 is 1.75 bits per heavy atom. The molecule has 0 amide bonds. The molecule has 3 heteroatoms. The predicted molar refractivity (Wildman–Crippen MR) is 80.6 cm³/mol. The first-order valence-electron chi connectivity index (χ1n) is 7.37. The summed E-state index contributed by atoms with van der Waals surface area (Å²) >= 11 is 0. The van der Waals surface area contributed by atoms with Crippen LogP contribution in [0, 0.1) is 11.8 Å². The second kappa shape index (κ2) is 7.44. The fourth-order valence-corrected chi connectivity index (χ4v) is 2.60. The third-order valence-corrected chi connectivity index (χ3v) is 4.26. The lowest BCUT2D eigenvalue weighted by atomic mass is 9.76. The van der Waals surface area contributed by atoms with Crippen molar-refractivity contribution in [2.24, 2.45) is 11.8 Å². The van der Waals surface area contributed by atoms with Crippen LogP contribution < -0.4 is 0 Å². The molecule has 0 saturated heterocycles. The lowest BCUT2D eigenvalue weighted by Crippen LogP contribution is -2.45. The first kappa shape index (κ1) is 16.7.